The molecule has 3 rings (SSSR count). The summed E-state index contributed by atoms with van der Waals surface area (Å²) in [5.41, 5.74) is 0.111. The van der Waals surface area contributed by atoms with Crippen molar-refractivity contribution in [3.63, 3.8) is 0 Å². The number of carbonyl (C=O) groups excluding carboxylic acids is 1. The van der Waals surface area contributed by atoms with Gasteiger partial charge in [0.2, 0.25) is 6.29 Å². The highest BCUT2D eigenvalue weighted by atomic mass is 16.7. The van der Waals surface area contributed by atoms with Crippen LogP contribution in [0.3, 0.4) is 0 Å². The van der Waals surface area contributed by atoms with E-state index in [-0.39, 0.29) is 22.8 Å². The van der Waals surface area contributed by atoms with E-state index in [1.54, 1.807) is 0 Å². The Morgan fingerprint density at radius 1 is 1.00 bits per heavy atom. The third-order valence-electron chi connectivity index (χ3n) is 5.04. The largest absolute Gasteiger partial charge is 0.508 e. The zero-order valence-electron chi connectivity index (χ0n) is 17.4. The van der Waals surface area contributed by atoms with Crippen LogP contribution < -0.4 is 9.47 Å². The van der Waals surface area contributed by atoms with Gasteiger partial charge in [0, 0.05) is 12.1 Å². The molecule has 5 atom stereocenters. The zero-order chi connectivity index (χ0) is 24.3. The highest BCUT2D eigenvalue weighted by molar-refractivity contribution is 6.10. The van der Waals surface area contributed by atoms with Crippen LogP contribution in [0.5, 0.6) is 28.7 Å². The van der Waals surface area contributed by atoms with Gasteiger partial charge in [-0.3, -0.25) is 4.79 Å². The molecule has 0 radical (unpaired) electrons. The molecule has 2 aromatic carbocycles. The summed E-state index contributed by atoms with van der Waals surface area (Å²) in [7, 11) is 1.37. The fourth-order valence-electron chi connectivity index (χ4n) is 3.27. The van der Waals surface area contributed by atoms with Gasteiger partial charge in [0.1, 0.15) is 47.2 Å². The third-order valence-corrected chi connectivity index (χ3v) is 5.04. The molecule has 1 saturated heterocycles. The highest BCUT2D eigenvalue weighted by Gasteiger charge is 2.45. The predicted molar refractivity (Wildman–Crippen MR) is 112 cm³/mol. The number of carbonyl (C=O) groups is 1. The average molecular weight is 464 g/mol. The topological polar surface area (TPSA) is 186 Å². The van der Waals surface area contributed by atoms with Gasteiger partial charge in [-0.05, 0) is 23.8 Å². The lowest BCUT2D eigenvalue weighted by molar-refractivity contribution is -0.277. The molecular formula is C22H24O11. The molecule has 0 aromatic heterocycles. The Morgan fingerprint density at radius 3 is 2.39 bits per heavy atom. The summed E-state index contributed by atoms with van der Waals surface area (Å²) < 4.78 is 15.7. The maximum Gasteiger partial charge on any atom is 0.229 e. The van der Waals surface area contributed by atoms with Crippen LogP contribution in [0.1, 0.15) is 15.9 Å². The molecule has 0 saturated carbocycles. The van der Waals surface area contributed by atoms with Gasteiger partial charge in [-0.2, -0.15) is 0 Å². The molecule has 1 fully saturated rings. The van der Waals surface area contributed by atoms with Gasteiger partial charge in [0.05, 0.1) is 13.7 Å². The van der Waals surface area contributed by atoms with E-state index in [0.717, 1.165) is 18.2 Å². The van der Waals surface area contributed by atoms with Crippen LogP contribution in [-0.4, -0.2) is 86.0 Å². The number of rotatable bonds is 7. The molecule has 1 aliphatic heterocycles. The second-order valence-electron chi connectivity index (χ2n) is 7.28. The van der Waals surface area contributed by atoms with Crippen molar-refractivity contribution in [1.82, 2.24) is 0 Å². The first kappa shape index (κ1) is 24.3. The summed E-state index contributed by atoms with van der Waals surface area (Å²) >= 11 is 0. The van der Waals surface area contributed by atoms with Crippen LogP contribution in [0.15, 0.2) is 36.4 Å². The lowest BCUT2D eigenvalue weighted by Crippen LogP contribution is -2.60. The Balaban J connectivity index is 1.90. The number of phenolic OH excluding ortho intramolecular Hbond substituents is 3. The van der Waals surface area contributed by atoms with Crippen LogP contribution in [-0.2, 0) is 4.74 Å². The standard InChI is InChI=1S/C22H24O11/c1-31-15-6-10(2-4-12(15)25)3-5-13(26)18-14(27)7-11(24)8-16(18)32-22-21(30)20(29)19(28)17(9-23)33-22/h2-8,17,19-25,27-30H,9H2,1H3/b5-3+. The van der Waals surface area contributed by atoms with Crippen molar-refractivity contribution in [1.29, 1.82) is 0 Å². The maximum atomic E-state index is 12.8. The maximum absolute atomic E-state index is 12.8. The summed E-state index contributed by atoms with van der Waals surface area (Å²) in [5, 5.41) is 69.1. The minimum atomic E-state index is -1.77. The molecule has 1 heterocycles. The second kappa shape index (κ2) is 10.1. The van der Waals surface area contributed by atoms with Crippen LogP contribution in [0.25, 0.3) is 6.08 Å². The minimum absolute atomic E-state index is 0.0904. The first-order valence-corrected chi connectivity index (χ1v) is 9.78. The fourth-order valence-corrected chi connectivity index (χ4v) is 3.27. The molecule has 2 aromatic rings. The van der Waals surface area contributed by atoms with Crippen LogP contribution in [0, 0.1) is 0 Å². The Labute approximate surface area is 188 Å². The summed E-state index contributed by atoms with van der Waals surface area (Å²) in [6, 6.07) is 6.26. The van der Waals surface area contributed by atoms with E-state index in [4.69, 9.17) is 14.2 Å². The van der Waals surface area contributed by atoms with Crippen molar-refractivity contribution in [3.05, 3.63) is 47.5 Å². The number of hydrogen-bond donors (Lipinski definition) is 7. The van der Waals surface area contributed by atoms with Gasteiger partial charge in [-0.25, -0.2) is 0 Å². The monoisotopic (exact) mass is 464 g/mol. The molecular weight excluding hydrogens is 440 g/mol. The summed E-state index contributed by atoms with van der Waals surface area (Å²) in [4.78, 5) is 12.8. The number of phenols is 3. The van der Waals surface area contributed by atoms with Crippen LogP contribution in [0.4, 0.5) is 0 Å². The van der Waals surface area contributed by atoms with Gasteiger partial charge in [-0.1, -0.05) is 12.1 Å². The SMILES string of the molecule is COc1cc(/C=C/C(=O)c2c(O)cc(O)cc2OC2OC(CO)C(O)C(O)C2O)ccc1O. The van der Waals surface area contributed by atoms with Crippen LogP contribution in [0.2, 0.25) is 0 Å². The van der Waals surface area contributed by atoms with E-state index in [0.29, 0.717) is 5.56 Å². The Kier molecular flexibility index (Phi) is 7.41. The number of aliphatic hydroxyl groups is 4. The average Bonchev–Trinajstić information content (AvgIpc) is 2.78. The number of allylic oxidation sites excluding steroid dienone is 1. The molecule has 0 bridgehead atoms. The zero-order valence-corrected chi connectivity index (χ0v) is 17.4. The van der Waals surface area contributed by atoms with Crippen molar-refractivity contribution in [2.75, 3.05) is 13.7 Å². The van der Waals surface area contributed by atoms with Crippen molar-refractivity contribution in [2.45, 2.75) is 30.7 Å². The number of aliphatic hydroxyl groups excluding tert-OH is 4. The lowest BCUT2D eigenvalue weighted by atomic mass is 9.99. The number of hydrogen-bond acceptors (Lipinski definition) is 11. The van der Waals surface area contributed by atoms with E-state index in [2.05, 4.69) is 0 Å². The fraction of sp³-hybridized carbons (Fsp3) is 0.318. The number of aromatic hydroxyl groups is 3. The van der Waals surface area contributed by atoms with Gasteiger partial charge in [0.25, 0.3) is 0 Å². The van der Waals surface area contributed by atoms with E-state index in [1.165, 1.54) is 31.4 Å². The first-order valence-electron chi connectivity index (χ1n) is 9.78. The van der Waals surface area contributed by atoms with E-state index < -0.39 is 54.6 Å². The quantitative estimate of drug-likeness (QED) is 0.214. The molecule has 33 heavy (non-hydrogen) atoms. The molecule has 0 spiro atoms. The van der Waals surface area contributed by atoms with E-state index in [9.17, 15) is 40.5 Å². The minimum Gasteiger partial charge on any atom is -0.508 e. The number of ketones is 1. The molecule has 11 heteroatoms. The van der Waals surface area contributed by atoms with Gasteiger partial charge in [-0.15, -0.1) is 0 Å². The molecule has 0 amide bonds. The predicted octanol–water partition coefficient (Wildman–Crippen LogP) is -0.113. The Morgan fingerprint density at radius 2 is 1.73 bits per heavy atom. The van der Waals surface area contributed by atoms with Gasteiger partial charge >= 0.3 is 0 Å². The van der Waals surface area contributed by atoms with Crippen molar-refractivity contribution < 1.29 is 54.8 Å². The summed E-state index contributed by atoms with van der Waals surface area (Å²) in [6.07, 6.45) is -5.53. The third kappa shape index (κ3) is 5.18. The van der Waals surface area contributed by atoms with Gasteiger partial charge in [0.15, 0.2) is 17.3 Å². The molecule has 1 aliphatic rings. The molecule has 5 unspecified atom stereocenters. The number of methoxy groups -OCH3 is 1. The van der Waals surface area contributed by atoms with Gasteiger partial charge < -0.3 is 50.0 Å². The lowest BCUT2D eigenvalue weighted by Gasteiger charge is -2.39. The Bertz CT molecular complexity index is 1030. The Hall–Kier alpha value is -3.35. The first-order chi connectivity index (χ1) is 15.7. The van der Waals surface area contributed by atoms with Crippen LogP contribution >= 0.6 is 0 Å². The number of benzene rings is 2. The smallest absolute Gasteiger partial charge is 0.229 e. The molecule has 11 nitrogen and oxygen atoms in total. The summed E-state index contributed by atoms with van der Waals surface area (Å²) in [5.74, 6) is -2.13. The van der Waals surface area contributed by atoms with E-state index >= 15 is 0 Å². The normalized spacial score (nSPS) is 25.2. The highest BCUT2D eigenvalue weighted by Crippen LogP contribution is 2.36. The number of ether oxygens (including phenoxy) is 3. The van der Waals surface area contributed by atoms with Crippen molar-refractivity contribution in [2.24, 2.45) is 0 Å². The molecule has 178 valence electrons. The second-order valence-corrected chi connectivity index (χ2v) is 7.28. The van der Waals surface area contributed by atoms with Crippen molar-refractivity contribution in [3.8, 4) is 28.7 Å². The summed E-state index contributed by atoms with van der Waals surface area (Å²) in [6.45, 7) is -0.694. The molecule has 7 N–H and O–H groups in total. The van der Waals surface area contributed by atoms with E-state index in [1.807, 2.05) is 0 Å². The van der Waals surface area contributed by atoms with Crippen molar-refractivity contribution >= 4 is 11.9 Å². The molecule has 0 aliphatic carbocycles.